The SMILES string of the molecule is CCCCN(C)C(=O)c1n[nH]c(C)c1C. The van der Waals surface area contributed by atoms with Gasteiger partial charge < -0.3 is 4.90 Å². The summed E-state index contributed by atoms with van der Waals surface area (Å²) < 4.78 is 0. The number of nitrogens with zero attached hydrogens (tertiary/aromatic N) is 2. The first-order chi connectivity index (χ1) is 7.07. The van der Waals surface area contributed by atoms with Crippen molar-refractivity contribution in [1.82, 2.24) is 15.1 Å². The molecule has 4 nitrogen and oxygen atoms in total. The zero-order valence-electron chi connectivity index (χ0n) is 9.92. The van der Waals surface area contributed by atoms with E-state index in [0.717, 1.165) is 30.6 Å². The summed E-state index contributed by atoms with van der Waals surface area (Å²) in [7, 11) is 1.82. The van der Waals surface area contributed by atoms with Gasteiger partial charge in [-0.25, -0.2) is 0 Å². The van der Waals surface area contributed by atoms with Gasteiger partial charge in [0.15, 0.2) is 5.69 Å². The van der Waals surface area contributed by atoms with Gasteiger partial charge in [0.2, 0.25) is 0 Å². The minimum Gasteiger partial charge on any atom is -0.340 e. The molecule has 0 atom stereocenters. The minimum atomic E-state index is 0.00491. The van der Waals surface area contributed by atoms with Crippen LogP contribution in [0, 0.1) is 13.8 Å². The van der Waals surface area contributed by atoms with E-state index in [1.54, 1.807) is 4.90 Å². The highest BCUT2D eigenvalue weighted by atomic mass is 16.2. The van der Waals surface area contributed by atoms with E-state index in [2.05, 4.69) is 17.1 Å². The molecule has 0 saturated heterocycles. The predicted molar refractivity (Wildman–Crippen MR) is 59.9 cm³/mol. The molecule has 0 aliphatic carbocycles. The van der Waals surface area contributed by atoms with Gasteiger partial charge in [-0.15, -0.1) is 0 Å². The van der Waals surface area contributed by atoms with E-state index in [-0.39, 0.29) is 5.91 Å². The molecular weight excluding hydrogens is 190 g/mol. The molecule has 84 valence electrons. The molecule has 0 aromatic carbocycles. The number of aryl methyl sites for hydroxylation is 1. The zero-order valence-corrected chi connectivity index (χ0v) is 9.92. The fourth-order valence-corrected chi connectivity index (χ4v) is 1.37. The largest absolute Gasteiger partial charge is 0.340 e. The highest BCUT2D eigenvalue weighted by molar-refractivity contribution is 5.93. The molecule has 0 fully saturated rings. The summed E-state index contributed by atoms with van der Waals surface area (Å²) >= 11 is 0. The number of aromatic amines is 1. The Kier molecular flexibility index (Phi) is 3.88. The first-order valence-corrected chi connectivity index (χ1v) is 5.35. The van der Waals surface area contributed by atoms with Crippen molar-refractivity contribution in [2.45, 2.75) is 33.6 Å². The molecule has 0 aliphatic heterocycles. The lowest BCUT2D eigenvalue weighted by Gasteiger charge is -2.15. The molecule has 1 rings (SSSR count). The van der Waals surface area contributed by atoms with Crippen LogP contribution in [0.3, 0.4) is 0 Å². The lowest BCUT2D eigenvalue weighted by Crippen LogP contribution is -2.28. The Labute approximate surface area is 90.7 Å². The molecule has 0 aliphatic rings. The molecule has 0 unspecified atom stereocenters. The second kappa shape index (κ2) is 4.96. The van der Waals surface area contributed by atoms with E-state index >= 15 is 0 Å². The van der Waals surface area contributed by atoms with Gasteiger partial charge in [0, 0.05) is 24.8 Å². The van der Waals surface area contributed by atoms with Gasteiger partial charge in [-0.3, -0.25) is 9.89 Å². The third kappa shape index (κ3) is 2.58. The van der Waals surface area contributed by atoms with Gasteiger partial charge in [-0.1, -0.05) is 13.3 Å². The summed E-state index contributed by atoms with van der Waals surface area (Å²) in [5.41, 5.74) is 2.46. The van der Waals surface area contributed by atoms with Crippen LogP contribution in [0.2, 0.25) is 0 Å². The first kappa shape index (κ1) is 11.8. The quantitative estimate of drug-likeness (QED) is 0.823. The summed E-state index contributed by atoms with van der Waals surface area (Å²) in [5.74, 6) is 0.00491. The van der Waals surface area contributed by atoms with Crippen LogP contribution < -0.4 is 0 Å². The van der Waals surface area contributed by atoms with Crippen molar-refractivity contribution in [3.8, 4) is 0 Å². The van der Waals surface area contributed by atoms with Crippen LogP contribution in [0.4, 0.5) is 0 Å². The Balaban J connectivity index is 2.72. The average Bonchev–Trinajstić information content (AvgIpc) is 2.55. The number of unbranched alkanes of at least 4 members (excludes halogenated alkanes) is 1. The van der Waals surface area contributed by atoms with Crippen molar-refractivity contribution < 1.29 is 4.79 Å². The first-order valence-electron chi connectivity index (χ1n) is 5.35. The maximum atomic E-state index is 11.9. The van der Waals surface area contributed by atoms with Crippen LogP contribution in [0.15, 0.2) is 0 Å². The lowest BCUT2D eigenvalue weighted by molar-refractivity contribution is 0.0787. The van der Waals surface area contributed by atoms with Crippen LogP contribution >= 0.6 is 0 Å². The second-order valence-electron chi connectivity index (χ2n) is 3.90. The molecule has 0 radical (unpaired) electrons. The highest BCUT2D eigenvalue weighted by Gasteiger charge is 2.17. The molecular formula is C11H19N3O. The van der Waals surface area contributed by atoms with Crippen molar-refractivity contribution in [1.29, 1.82) is 0 Å². The predicted octanol–water partition coefficient (Wildman–Crippen LogP) is 1.90. The molecule has 1 aromatic heterocycles. The third-order valence-corrected chi connectivity index (χ3v) is 2.65. The monoisotopic (exact) mass is 209 g/mol. The van der Waals surface area contributed by atoms with Gasteiger partial charge in [0.1, 0.15) is 0 Å². The number of carbonyl (C=O) groups is 1. The fraction of sp³-hybridized carbons (Fsp3) is 0.636. The van der Waals surface area contributed by atoms with Crippen LogP contribution in [0.5, 0.6) is 0 Å². The van der Waals surface area contributed by atoms with Crippen molar-refractivity contribution >= 4 is 5.91 Å². The van der Waals surface area contributed by atoms with Gasteiger partial charge in [0.25, 0.3) is 5.91 Å². The summed E-state index contributed by atoms with van der Waals surface area (Å²) in [4.78, 5) is 13.7. The molecule has 1 N–H and O–H groups in total. The summed E-state index contributed by atoms with van der Waals surface area (Å²) in [6, 6.07) is 0. The van der Waals surface area contributed by atoms with Gasteiger partial charge in [0.05, 0.1) is 0 Å². The van der Waals surface area contributed by atoms with E-state index in [1.165, 1.54) is 0 Å². The number of hydrogen-bond acceptors (Lipinski definition) is 2. The average molecular weight is 209 g/mol. The molecule has 0 spiro atoms. The molecule has 0 saturated carbocycles. The van der Waals surface area contributed by atoms with Gasteiger partial charge in [-0.2, -0.15) is 5.10 Å². The normalized spacial score (nSPS) is 10.4. The van der Waals surface area contributed by atoms with Crippen molar-refractivity contribution in [3.05, 3.63) is 17.0 Å². The number of H-pyrrole nitrogens is 1. The second-order valence-corrected chi connectivity index (χ2v) is 3.90. The molecule has 1 amide bonds. The Bertz CT molecular complexity index is 344. The summed E-state index contributed by atoms with van der Waals surface area (Å²) in [6.45, 7) is 6.74. The van der Waals surface area contributed by atoms with E-state index in [1.807, 2.05) is 20.9 Å². The standard InChI is InChI=1S/C11H19N3O/c1-5-6-7-14(4)11(15)10-8(2)9(3)12-13-10/h5-7H2,1-4H3,(H,12,13). The smallest absolute Gasteiger partial charge is 0.274 e. The number of aromatic nitrogens is 2. The molecule has 1 aromatic rings. The molecule has 4 heteroatoms. The number of carbonyl (C=O) groups excluding carboxylic acids is 1. The van der Waals surface area contributed by atoms with Crippen LogP contribution in [-0.4, -0.2) is 34.6 Å². The van der Waals surface area contributed by atoms with Crippen LogP contribution in [0.1, 0.15) is 41.5 Å². The van der Waals surface area contributed by atoms with Gasteiger partial charge in [-0.05, 0) is 20.3 Å². The fourth-order valence-electron chi connectivity index (χ4n) is 1.37. The summed E-state index contributed by atoms with van der Waals surface area (Å²) in [5, 5.41) is 6.86. The van der Waals surface area contributed by atoms with Crippen LogP contribution in [0.25, 0.3) is 0 Å². The van der Waals surface area contributed by atoms with Crippen molar-refractivity contribution in [2.24, 2.45) is 0 Å². The minimum absolute atomic E-state index is 0.00491. The van der Waals surface area contributed by atoms with E-state index < -0.39 is 0 Å². The maximum absolute atomic E-state index is 11.9. The Morgan fingerprint density at radius 3 is 2.60 bits per heavy atom. The van der Waals surface area contributed by atoms with Gasteiger partial charge >= 0.3 is 0 Å². The Morgan fingerprint density at radius 1 is 1.47 bits per heavy atom. The zero-order chi connectivity index (χ0) is 11.4. The molecule has 15 heavy (non-hydrogen) atoms. The Morgan fingerprint density at radius 2 is 2.13 bits per heavy atom. The molecule has 1 heterocycles. The van der Waals surface area contributed by atoms with E-state index in [0.29, 0.717) is 5.69 Å². The number of hydrogen-bond donors (Lipinski definition) is 1. The molecule has 0 bridgehead atoms. The van der Waals surface area contributed by atoms with E-state index in [4.69, 9.17) is 0 Å². The van der Waals surface area contributed by atoms with Crippen LogP contribution in [-0.2, 0) is 0 Å². The van der Waals surface area contributed by atoms with Crippen molar-refractivity contribution in [2.75, 3.05) is 13.6 Å². The van der Waals surface area contributed by atoms with Crippen molar-refractivity contribution in [3.63, 3.8) is 0 Å². The number of nitrogens with one attached hydrogen (secondary N) is 1. The Hall–Kier alpha value is -1.32. The summed E-state index contributed by atoms with van der Waals surface area (Å²) in [6.07, 6.45) is 2.13. The highest BCUT2D eigenvalue weighted by Crippen LogP contribution is 2.10. The van der Waals surface area contributed by atoms with E-state index in [9.17, 15) is 4.79 Å². The number of amides is 1. The number of rotatable bonds is 4. The topological polar surface area (TPSA) is 49.0 Å². The third-order valence-electron chi connectivity index (χ3n) is 2.65. The lowest BCUT2D eigenvalue weighted by atomic mass is 10.2. The maximum Gasteiger partial charge on any atom is 0.274 e.